The summed E-state index contributed by atoms with van der Waals surface area (Å²) in [4.78, 5) is 122. The van der Waals surface area contributed by atoms with Crippen LogP contribution in [0.4, 0.5) is 28.8 Å². The summed E-state index contributed by atoms with van der Waals surface area (Å²) in [6.07, 6.45) is 12.5. The van der Waals surface area contributed by atoms with Crippen LogP contribution in [0, 0.1) is 29.6 Å². The zero-order chi connectivity index (χ0) is 89.1. The van der Waals surface area contributed by atoms with Crippen molar-refractivity contribution in [1.82, 2.24) is 46.2 Å². The molecule has 0 aliphatic carbocycles. The third kappa shape index (κ3) is 63.8. The molecule has 0 saturated heterocycles. The Morgan fingerprint density at radius 1 is 0.328 bits per heavy atom. The van der Waals surface area contributed by atoms with Crippen molar-refractivity contribution in [3.63, 3.8) is 0 Å². The smallest absolute Gasteiger partial charge is 0.410 e. The van der Waals surface area contributed by atoms with Crippen molar-refractivity contribution in [2.75, 3.05) is 91.7 Å². The Balaban J connectivity index is 0. The van der Waals surface area contributed by atoms with Crippen molar-refractivity contribution in [3.8, 4) is 0 Å². The number of unbranched alkanes of at least 4 members (excludes halogenated alkanes) is 6. The molecule has 0 aromatic rings. The summed E-state index contributed by atoms with van der Waals surface area (Å²) in [7, 11) is 0. The highest BCUT2D eigenvalue weighted by atomic mass is 16.6. The lowest BCUT2D eigenvalue weighted by atomic mass is 9.91. The summed E-state index contributed by atoms with van der Waals surface area (Å²) in [6.45, 7) is 48.9. The van der Waals surface area contributed by atoms with Gasteiger partial charge in [-0.15, -0.1) is 0 Å². The van der Waals surface area contributed by atoms with Crippen LogP contribution in [0.2, 0.25) is 0 Å². The van der Waals surface area contributed by atoms with Crippen molar-refractivity contribution in [1.29, 1.82) is 0 Å². The Kier molecular flexibility index (Phi) is 57.4. The maximum absolute atomic E-state index is 14.1. The molecule has 0 aromatic heterocycles. The molecular weight excluding hydrogens is 1490 g/mol. The number of amides is 9. The molecule has 682 valence electrons. The molecule has 10 N–H and O–H groups in total. The van der Waals surface area contributed by atoms with E-state index in [2.05, 4.69) is 61.2 Å². The van der Waals surface area contributed by atoms with E-state index in [1.165, 1.54) is 64.2 Å². The molecule has 8 atom stereocenters. The number of nitrogens with zero attached hydrogens (tertiary/aromatic N) is 4. The number of aliphatic hydroxyl groups is 5. The number of ether oxygens (including phenoxy) is 6. The number of carbonyl (C=O) groups is 9. The molecule has 0 rings (SSSR count). The lowest BCUT2D eigenvalue weighted by Crippen LogP contribution is -2.52. The Bertz CT molecular complexity index is 2600. The minimum Gasteiger partial charge on any atom is -0.444 e. The molecule has 4 unspecified atom stereocenters. The fraction of sp³-hybridized carbons (Fsp3) is 0.897. The van der Waals surface area contributed by atoms with Crippen molar-refractivity contribution in [2.24, 2.45) is 29.6 Å². The first-order chi connectivity index (χ1) is 53.7. The molecule has 29 nitrogen and oxygen atoms in total. The molecule has 0 saturated carbocycles. The number of carbonyl (C=O) groups excluding carboxylic acids is 9. The van der Waals surface area contributed by atoms with Gasteiger partial charge < -0.3 is 100 Å². The molecule has 0 bridgehead atoms. The quantitative estimate of drug-likeness (QED) is 0.0200. The Hall–Kier alpha value is -6.17. The van der Waals surface area contributed by atoms with Gasteiger partial charge in [-0.1, -0.05) is 131 Å². The van der Waals surface area contributed by atoms with Gasteiger partial charge >= 0.3 is 36.6 Å². The number of hydrogen-bond donors (Lipinski definition) is 10. The number of aliphatic hydroxyl groups excluding tert-OH is 5. The fourth-order valence-corrected chi connectivity index (χ4v) is 12.2. The van der Waals surface area contributed by atoms with E-state index < -0.39 is 107 Å². The fourth-order valence-electron chi connectivity index (χ4n) is 12.2. The molecule has 0 radical (unpaired) electrons. The summed E-state index contributed by atoms with van der Waals surface area (Å²) in [5.74, 6) is 1.67. The molecule has 0 aliphatic rings. The van der Waals surface area contributed by atoms with Gasteiger partial charge in [0.1, 0.15) is 51.9 Å². The monoisotopic (exact) mass is 1660 g/mol. The number of hydrogen-bond acceptors (Lipinski definition) is 20. The molecular formula is C87H169N9O20. The van der Waals surface area contributed by atoms with Crippen molar-refractivity contribution in [2.45, 2.75) is 385 Å². The SMILES string of the molecule is CCC(=O)NCCCCCCC(CN(CCCCN(CCCNC(=O)OC(C)(C)C)C(=O)OC(C)(C)C)C(=O)OC(C)(C)C)CN(CCCCN(CCCNC(=O)OC(C)(C)C)C(=O)OC(C)(C)C)C(=O)OC(C)(C)C.CCC(C)CCCC(C)CCCCC(C)CCCC(C)CCC(=O)NCCNC(=O)[C@H](O)[C@@H](O)[C@H](O)[C@H](O)CO. The summed E-state index contributed by atoms with van der Waals surface area (Å²) < 4.78 is 34.1. The molecule has 0 spiro atoms. The molecule has 29 heteroatoms. The van der Waals surface area contributed by atoms with Gasteiger partial charge in [0.2, 0.25) is 11.8 Å². The average molecular weight is 1660 g/mol. The zero-order valence-electron chi connectivity index (χ0n) is 76.9. The van der Waals surface area contributed by atoms with Gasteiger partial charge in [-0.3, -0.25) is 14.4 Å². The van der Waals surface area contributed by atoms with E-state index in [0.29, 0.717) is 123 Å². The van der Waals surface area contributed by atoms with Gasteiger partial charge in [0.05, 0.1) is 6.61 Å². The first kappa shape index (κ1) is 112. The van der Waals surface area contributed by atoms with E-state index in [1.807, 2.05) is 48.5 Å². The first-order valence-corrected chi connectivity index (χ1v) is 43.7. The molecule has 0 aromatic carbocycles. The molecule has 0 fully saturated rings. The van der Waals surface area contributed by atoms with Crippen LogP contribution >= 0.6 is 0 Å². The number of nitrogens with one attached hydrogen (secondary N) is 5. The second-order valence-corrected chi connectivity index (χ2v) is 37.9. The number of rotatable bonds is 55. The van der Waals surface area contributed by atoms with Crippen molar-refractivity contribution >= 4 is 54.3 Å². The van der Waals surface area contributed by atoms with Crippen LogP contribution in [-0.4, -0.2) is 249 Å². The minimum atomic E-state index is -1.98. The second-order valence-electron chi connectivity index (χ2n) is 37.9. The Labute approximate surface area is 700 Å². The third-order valence-electron chi connectivity index (χ3n) is 18.8. The van der Waals surface area contributed by atoms with Crippen LogP contribution in [0.5, 0.6) is 0 Å². The normalized spacial score (nSPS) is 14.2. The van der Waals surface area contributed by atoms with Crippen LogP contribution in [0.1, 0.15) is 327 Å². The minimum absolute atomic E-state index is 0.0137. The third-order valence-corrected chi connectivity index (χ3v) is 18.8. The van der Waals surface area contributed by atoms with E-state index in [0.717, 1.165) is 56.3 Å². The molecule has 0 heterocycles. The lowest BCUT2D eigenvalue weighted by Gasteiger charge is -2.34. The lowest BCUT2D eigenvalue weighted by molar-refractivity contribution is -0.149. The standard InChI is InChI=1S/C56H107N7O13.C31H62N2O7/c1-20-44(64)57-32-24-22-21-23-31-43(41-62(49(69)75-55(14,15)16)37-27-25-35-60(47(67)73-53(8,9)10)39-29-33-58-45(65)71-51(2,3)4)42-63(50(70)76-56(17,18)19)38-28-26-36-61(48(68)74-54(11,12)13)40-30-34-59-46(66)72-52(5,6)7;1-6-22(2)13-9-14-23(3)11-7-8-12-24(4)15-10-16-25(5)17-18-27(36)32-19-20-33-31(40)30(39)29(38)28(37)26(35)21-34/h43H,20-42H2,1-19H3,(H,57,64)(H,58,65)(H,59,66);22-26,28-30,34-35,37-39H,6-21H2,1-5H3,(H,32,36)(H,33,40)/t;22?,23?,24?,25?,26-,28-,29+,30-/m.1/s1. The topological polar surface area (TPSA) is 383 Å². The maximum atomic E-state index is 14.1. The highest BCUT2D eigenvalue weighted by Crippen LogP contribution is 2.26. The van der Waals surface area contributed by atoms with Gasteiger partial charge in [-0.25, -0.2) is 28.8 Å². The van der Waals surface area contributed by atoms with Crippen LogP contribution in [0.25, 0.3) is 0 Å². The number of alkyl carbamates (subject to hydrolysis) is 2. The van der Waals surface area contributed by atoms with Crippen LogP contribution < -0.4 is 26.6 Å². The van der Waals surface area contributed by atoms with Gasteiger partial charge in [0, 0.05) is 97.9 Å². The summed E-state index contributed by atoms with van der Waals surface area (Å²) >= 11 is 0. The predicted octanol–water partition coefficient (Wildman–Crippen LogP) is 14.7. The Morgan fingerprint density at radius 2 is 0.647 bits per heavy atom. The summed E-state index contributed by atoms with van der Waals surface area (Å²) in [5.41, 5.74) is -4.32. The Morgan fingerprint density at radius 3 is 1.03 bits per heavy atom. The van der Waals surface area contributed by atoms with E-state index in [9.17, 15) is 63.6 Å². The van der Waals surface area contributed by atoms with Gasteiger partial charge in [0.15, 0.2) is 6.10 Å². The van der Waals surface area contributed by atoms with Crippen LogP contribution in [0.15, 0.2) is 0 Å². The van der Waals surface area contributed by atoms with Gasteiger partial charge in [-0.2, -0.15) is 0 Å². The van der Waals surface area contributed by atoms with Gasteiger partial charge in [0.25, 0.3) is 5.91 Å². The van der Waals surface area contributed by atoms with Gasteiger partial charge in [-0.05, 0) is 212 Å². The average Bonchev–Trinajstić information content (AvgIpc) is 0.821. The van der Waals surface area contributed by atoms with Crippen LogP contribution in [0.3, 0.4) is 0 Å². The highest BCUT2D eigenvalue weighted by molar-refractivity contribution is 5.81. The molecule has 0 aliphatic heterocycles. The maximum Gasteiger partial charge on any atom is 0.410 e. The van der Waals surface area contributed by atoms with E-state index in [4.69, 9.17) is 33.5 Å². The van der Waals surface area contributed by atoms with Crippen molar-refractivity contribution < 1.29 is 97.1 Å². The van der Waals surface area contributed by atoms with Crippen molar-refractivity contribution in [3.05, 3.63) is 0 Å². The molecule has 9 amide bonds. The predicted molar refractivity (Wildman–Crippen MR) is 457 cm³/mol. The van der Waals surface area contributed by atoms with E-state index in [-0.39, 0.29) is 43.9 Å². The van der Waals surface area contributed by atoms with E-state index >= 15 is 0 Å². The van der Waals surface area contributed by atoms with Crippen LogP contribution in [-0.2, 0) is 42.8 Å². The largest absolute Gasteiger partial charge is 0.444 e. The molecule has 116 heavy (non-hydrogen) atoms. The first-order valence-electron chi connectivity index (χ1n) is 43.7. The summed E-state index contributed by atoms with van der Waals surface area (Å²) in [5, 5.41) is 60.7. The zero-order valence-corrected chi connectivity index (χ0v) is 76.9. The second kappa shape index (κ2) is 59.5. The van der Waals surface area contributed by atoms with E-state index in [1.54, 1.807) is 103 Å². The highest BCUT2D eigenvalue weighted by Gasteiger charge is 2.35. The summed E-state index contributed by atoms with van der Waals surface area (Å²) in [6, 6.07) is 0.